The van der Waals surface area contributed by atoms with Gasteiger partial charge < -0.3 is 9.80 Å². The van der Waals surface area contributed by atoms with Crippen LogP contribution in [0.1, 0.15) is 10.4 Å². The minimum Gasteiger partial charge on any atom is -0.353 e. The number of benzene rings is 1. The Balaban J connectivity index is 1.46. The number of hydrogen-bond donors (Lipinski definition) is 0. The van der Waals surface area contributed by atoms with Crippen LogP contribution < -0.4 is 4.90 Å². The second-order valence-corrected chi connectivity index (χ2v) is 6.26. The molecule has 4 rings (SSSR count). The second kappa shape index (κ2) is 7.43. The molecular formula is C18H17N7O3. The first-order valence-electron chi connectivity index (χ1n) is 8.71. The summed E-state index contributed by atoms with van der Waals surface area (Å²) in [5.41, 5.74) is -0.0546. The first kappa shape index (κ1) is 17.6. The van der Waals surface area contributed by atoms with Gasteiger partial charge in [0.2, 0.25) is 0 Å². The Labute approximate surface area is 160 Å². The first-order chi connectivity index (χ1) is 13.6. The Morgan fingerprint density at radius 3 is 2.54 bits per heavy atom. The topological polar surface area (TPSA) is 110 Å². The van der Waals surface area contributed by atoms with Crippen LogP contribution in [-0.2, 0) is 0 Å². The normalized spacial score (nSPS) is 14.1. The maximum Gasteiger partial charge on any atom is 0.282 e. The van der Waals surface area contributed by atoms with Crippen molar-refractivity contribution in [1.29, 1.82) is 0 Å². The quantitative estimate of drug-likeness (QED) is 0.499. The molecule has 1 aliphatic rings. The molecule has 1 aliphatic heterocycles. The van der Waals surface area contributed by atoms with Crippen molar-refractivity contribution in [3.05, 3.63) is 71.1 Å². The zero-order chi connectivity index (χ0) is 19.5. The highest BCUT2D eigenvalue weighted by Crippen LogP contribution is 2.21. The lowest BCUT2D eigenvalue weighted by molar-refractivity contribution is -0.385. The molecule has 1 fully saturated rings. The Kier molecular flexibility index (Phi) is 4.67. The van der Waals surface area contributed by atoms with Crippen molar-refractivity contribution in [1.82, 2.24) is 24.4 Å². The maximum absolute atomic E-state index is 12.7. The fourth-order valence-corrected chi connectivity index (χ4v) is 3.17. The van der Waals surface area contributed by atoms with Crippen molar-refractivity contribution in [3.63, 3.8) is 0 Å². The number of nitro groups is 1. The summed E-state index contributed by atoms with van der Waals surface area (Å²) in [4.78, 5) is 39.7. The number of imidazole rings is 1. The van der Waals surface area contributed by atoms with Gasteiger partial charge in [-0.3, -0.25) is 19.5 Å². The molecule has 0 unspecified atom stereocenters. The highest BCUT2D eigenvalue weighted by atomic mass is 16.6. The Morgan fingerprint density at radius 1 is 1.07 bits per heavy atom. The van der Waals surface area contributed by atoms with Gasteiger partial charge in [0.15, 0.2) is 0 Å². The van der Waals surface area contributed by atoms with Gasteiger partial charge in [0.1, 0.15) is 29.9 Å². The van der Waals surface area contributed by atoms with Crippen molar-refractivity contribution >= 4 is 17.4 Å². The number of amides is 1. The molecule has 0 N–H and O–H groups in total. The van der Waals surface area contributed by atoms with E-state index in [0.717, 1.165) is 5.82 Å². The molecule has 1 saturated heterocycles. The van der Waals surface area contributed by atoms with Crippen molar-refractivity contribution in [3.8, 4) is 5.82 Å². The van der Waals surface area contributed by atoms with Gasteiger partial charge in [-0.05, 0) is 6.07 Å². The number of hydrogen-bond acceptors (Lipinski definition) is 7. The minimum atomic E-state index is -0.526. The van der Waals surface area contributed by atoms with E-state index in [-0.39, 0.29) is 17.2 Å². The third-order valence-corrected chi connectivity index (χ3v) is 4.63. The molecule has 0 bridgehead atoms. The number of nitrogens with zero attached hydrogens (tertiary/aromatic N) is 7. The molecule has 0 saturated carbocycles. The summed E-state index contributed by atoms with van der Waals surface area (Å²) >= 11 is 0. The molecule has 0 spiro atoms. The fraction of sp³-hybridized carbons (Fsp3) is 0.222. The van der Waals surface area contributed by atoms with Gasteiger partial charge in [-0.1, -0.05) is 12.1 Å². The highest BCUT2D eigenvalue weighted by molar-refractivity contribution is 5.98. The summed E-state index contributed by atoms with van der Waals surface area (Å²) in [6.45, 7) is 2.06. The Bertz CT molecular complexity index is 998. The zero-order valence-electron chi connectivity index (χ0n) is 14.9. The molecule has 3 aromatic rings. The van der Waals surface area contributed by atoms with E-state index < -0.39 is 4.92 Å². The predicted octanol–water partition coefficient (Wildman–Crippen LogP) is 1.53. The van der Waals surface area contributed by atoms with Gasteiger partial charge in [0.25, 0.3) is 11.6 Å². The van der Waals surface area contributed by atoms with Crippen LogP contribution in [0.5, 0.6) is 0 Å². The standard InChI is InChI=1S/C18H17N7O3/c26-18(14-3-1-2-4-15(14)25(27)28)23-9-7-22(8-10-23)16-11-17(21-12-20-16)24-6-5-19-13-24/h1-6,11-13H,7-10H2. The number of aromatic nitrogens is 4. The van der Waals surface area contributed by atoms with Crippen molar-refractivity contribution in [2.75, 3.05) is 31.1 Å². The van der Waals surface area contributed by atoms with E-state index in [1.165, 1.54) is 18.5 Å². The Hall–Kier alpha value is -3.82. The van der Waals surface area contributed by atoms with Gasteiger partial charge in [0, 0.05) is 50.7 Å². The average Bonchev–Trinajstić information content (AvgIpc) is 3.28. The molecule has 1 amide bonds. The van der Waals surface area contributed by atoms with Gasteiger partial charge in [-0.2, -0.15) is 0 Å². The number of piperazine rings is 1. The van der Waals surface area contributed by atoms with E-state index in [4.69, 9.17) is 0 Å². The molecule has 10 nitrogen and oxygen atoms in total. The van der Waals surface area contributed by atoms with Gasteiger partial charge in [0.05, 0.1) is 4.92 Å². The average molecular weight is 379 g/mol. The van der Waals surface area contributed by atoms with E-state index in [1.807, 2.05) is 6.07 Å². The van der Waals surface area contributed by atoms with Crippen LogP contribution in [-0.4, -0.2) is 61.4 Å². The third-order valence-electron chi connectivity index (χ3n) is 4.63. The number of nitro benzene ring substituents is 1. The van der Waals surface area contributed by atoms with E-state index in [9.17, 15) is 14.9 Å². The number of rotatable bonds is 4. The van der Waals surface area contributed by atoms with E-state index in [2.05, 4.69) is 19.9 Å². The summed E-state index contributed by atoms with van der Waals surface area (Å²) < 4.78 is 1.79. The van der Waals surface area contributed by atoms with Crippen LogP contribution in [0.15, 0.2) is 55.4 Å². The van der Waals surface area contributed by atoms with Gasteiger partial charge in [-0.25, -0.2) is 15.0 Å². The van der Waals surface area contributed by atoms with Crippen LogP contribution in [0.25, 0.3) is 5.82 Å². The summed E-state index contributed by atoms with van der Waals surface area (Å²) in [7, 11) is 0. The monoisotopic (exact) mass is 379 g/mol. The summed E-state index contributed by atoms with van der Waals surface area (Å²) in [5, 5.41) is 11.2. The van der Waals surface area contributed by atoms with Crippen molar-refractivity contribution in [2.45, 2.75) is 0 Å². The second-order valence-electron chi connectivity index (χ2n) is 6.26. The number of carbonyl (C=O) groups is 1. The molecule has 3 heterocycles. The lowest BCUT2D eigenvalue weighted by Gasteiger charge is -2.35. The van der Waals surface area contributed by atoms with E-state index in [0.29, 0.717) is 32.0 Å². The lowest BCUT2D eigenvalue weighted by Crippen LogP contribution is -2.49. The lowest BCUT2D eigenvalue weighted by atomic mass is 10.1. The van der Waals surface area contributed by atoms with Crippen LogP contribution >= 0.6 is 0 Å². The molecule has 142 valence electrons. The smallest absolute Gasteiger partial charge is 0.282 e. The summed E-state index contributed by atoms with van der Waals surface area (Å²) in [5.74, 6) is 1.14. The van der Waals surface area contributed by atoms with Crippen LogP contribution in [0.2, 0.25) is 0 Å². The summed E-state index contributed by atoms with van der Waals surface area (Å²) in [6.07, 6.45) is 6.63. The molecule has 10 heteroatoms. The SMILES string of the molecule is O=C(c1ccccc1[N+](=O)[O-])N1CCN(c2cc(-n3ccnc3)ncn2)CC1. The van der Waals surface area contributed by atoms with Crippen LogP contribution in [0.3, 0.4) is 0 Å². The molecule has 0 radical (unpaired) electrons. The van der Waals surface area contributed by atoms with Crippen molar-refractivity contribution in [2.24, 2.45) is 0 Å². The molecule has 0 atom stereocenters. The maximum atomic E-state index is 12.7. The third kappa shape index (κ3) is 3.39. The van der Waals surface area contributed by atoms with E-state index >= 15 is 0 Å². The molecular weight excluding hydrogens is 362 g/mol. The fourth-order valence-electron chi connectivity index (χ4n) is 3.17. The molecule has 2 aromatic heterocycles. The highest BCUT2D eigenvalue weighted by Gasteiger charge is 2.27. The largest absolute Gasteiger partial charge is 0.353 e. The van der Waals surface area contributed by atoms with Crippen LogP contribution in [0, 0.1) is 10.1 Å². The first-order valence-corrected chi connectivity index (χ1v) is 8.71. The van der Waals surface area contributed by atoms with Crippen LogP contribution in [0.4, 0.5) is 11.5 Å². The van der Waals surface area contributed by atoms with Gasteiger partial charge >= 0.3 is 0 Å². The number of anilines is 1. The molecule has 1 aromatic carbocycles. The Morgan fingerprint density at radius 2 is 1.82 bits per heavy atom. The van der Waals surface area contributed by atoms with Gasteiger partial charge in [-0.15, -0.1) is 0 Å². The predicted molar refractivity (Wildman–Crippen MR) is 100 cm³/mol. The zero-order valence-corrected chi connectivity index (χ0v) is 14.9. The molecule has 28 heavy (non-hydrogen) atoms. The minimum absolute atomic E-state index is 0.116. The number of para-hydroxylation sites is 1. The van der Waals surface area contributed by atoms with E-state index in [1.54, 1.807) is 40.3 Å². The van der Waals surface area contributed by atoms with Crippen molar-refractivity contribution < 1.29 is 9.72 Å². The number of carbonyl (C=O) groups excluding carboxylic acids is 1. The summed E-state index contributed by atoms with van der Waals surface area (Å²) in [6, 6.07) is 7.90. The molecule has 0 aliphatic carbocycles.